The van der Waals surface area contributed by atoms with Gasteiger partial charge in [-0.1, -0.05) is 83.9 Å². The summed E-state index contributed by atoms with van der Waals surface area (Å²) >= 11 is 12.1. The molecule has 33 heavy (non-hydrogen) atoms. The summed E-state index contributed by atoms with van der Waals surface area (Å²) in [5.74, 6) is -0.0296. The molecule has 0 saturated carbocycles. The number of rotatable bonds is 6. The van der Waals surface area contributed by atoms with Crippen LogP contribution in [0.15, 0.2) is 90.5 Å². The average molecular weight is 473 g/mol. The maximum Gasteiger partial charge on any atom is 0.266 e. The van der Waals surface area contributed by atoms with Gasteiger partial charge in [-0.05, 0) is 46.7 Å². The van der Waals surface area contributed by atoms with Crippen molar-refractivity contribution in [3.8, 4) is 11.8 Å². The highest BCUT2D eigenvalue weighted by molar-refractivity contribution is 6.44. The summed E-state index contributed by atoms with van der Waals surface area (Å²) in [6.07, 6.45) is 1.49. The highest BCUT2D eigenvalue weighted by Crippen LogP contribution is 2.30. The summed E-state index contributed by atoms with van der Waals surface area (Å²) in [7, 11) is 0. The highest BCUT2D eigenvalue weighted by Gasteiger charge is 2.14. The number of halogens is 2. The van der Waals surface area contributed by atoms with Crippen molar-refractivity contribution in [1.82, 2.24) is 0 Å². The van der Waals surface area contributed by atoms with Crippen LogP contribution in [0.4, 0.5) is 5.69 Å². The Bertz CT molecular complexity index is 1410. The lowest BCUT2D eigenvalue weighted by atomic mass is 10.1. The van der Waals surface area contributed by atoms with Crippen LogP contribution in [-0.4, -0.2) is 5.91 Å². The predicted molar refractivity (Wildman–Crippen MR) is 133 cm³/mol. The van der Waals surface area contributed by atoms with Gasteiger partial charge in [0, 0.05) is 5.56 Å². The minimum atomic E-state index is -0.592. The van der Waals surface area contributed by atoms with Crippen molar-refractivity contribution in [1.29, 1.82) is 5.26 Å². The number of fused-ring (bicyclic) bond motifs is 1. The van der Waals surface area contributed by atoms with Crippen LogP contribution < -0.4 is 10.1 Å². The lowest BCUT2D eigenvalue weighted by molar-refractivity contribution is -0.112. The second-order valence-corrected chi connectivity index (χ2v) is 8.02. The fraction of sp³-hybridized carbons (Fsp3) is 0.0370. The number of para-hydroxylation sites is 1. The first-order chi connectivity index (χ1) is 16.0. The van der Waals surface area contributed by atoms with Crippen LogP contribution in [0.25, 0.3) is 16.8 Å². The number of hydrogen-bond acceptors (Lipinski definition) is 3. The Balaban J connectivity index is 1.54. The van der Waals surface area contributed by atoms with Crippen LogP contribution in [0, 0.1) is 11.3 Å². The van der Waals surface area contributed by atoms with Gasteiger partial charge in [0.25, 0.3) is 5.91 Å². The van der Waals surface area contributed by atoms with Crippen molar-refractivity contribution < 1.29 is 9.53 Å². The molecule has 0 radical (unpaired) electrons. The van der Waals surface area contributed by atoms with E-state index in [-0.39, 0.29) is 10.6 Å². The molecule has 0 bridgehead atoms. The minimum absolute atomic E-state index is 0.0900. The van der Waals surface area contributed by atoms with Crippen LogP contribution >= 0.6 is 23.2 Å². The molecule has 4 nitrogen and oxygen atoms in total. The van der Waals surface area contributed by atoms with Gasteiger partial charge in [0.05, 0.1) is 15.7 Å². The van der Waals surface area contributed by atoms with Crippen molar-refractivity contribution in [2.75, 3.05) is 5.32 Å². The van der Waals surface area contributed by atoms with E-state index >= 15 is 0 Å². The molecule has 0 aliphatic heterocycles. The number of nitrogens with zero attached hydrogens (tertiary/aromatic N) is 1. The summed E-state index contributed by atoms with van der Waals surface area (Å²) in [6, 6.07) is 28.3. The molecule has 0 fully saturated rings. The molecule has 4 rings (SSSR count). The van der Waals surface area contributed by atoms with Crippen molar-refractivity contribution in [2.45, 2.75) is 6.61 Å². The van der Waals surface area contributed by atoms with E-state index in [1.165, 1.54) is 6.08 Å². The minimum Gasteiger partial charge on any atom is -0.488 e. The molecule has 0 saturated heterocycles. The summed E-state index contributed by atoms with van der Waals surface area (Å²) in [5, 5.41) is 15.0. The fourth-order valence-electron chi connectivity index (χ4n) is 3.31. The molecular formula is C27H18Cl2N2O2. The molecule has 0 unspecified atom stereocenters. The molecule has 4 aromatic carbocycles. The second kappa shape index (κ2) is 10.2. The molecule has 0 atom stereocenters. The van der Waals surface area contributed by atoms with Gasteiger partial charge in [-0.15, -0.1) is 0 Å². The van der Waals surface area contributed by atoms with E-state index in [1.807, 2.05) is 36.4 Å². The van der Waals surface area contributed by atoms with E-state index in [2.05, 4.69) is 29.6 Å². The first-order valence-corrected chi connectivity index (χ1v) is 10.9. The average Bonchev–Trinajstić information content (AvgIpc) is 2.84. The van der Waals surface area contributed by atoms with E-state index < -0.39 is 5.91 Å². The topological polar surface area (TPSA) is 62.1 Å². The third kappa shape index (κ3) is 5.35. The highest BCUT2D eigenvalue weighted by atomic mass is 35.5. The van der Waals surface area contributed by atoms with E-state index in [0.29, 0.717) is 28.6 Å². The third-order valence-corrected chi connectivity index (χ3v) is 5.81. The van der Waals surface area contributed by atoms with Crippen LogP contribution in [0.1, 0.15) is 11.1 Å². The predicted octanol–water partition coefficient (Wildman–Crippen LogP) is 7.27. The Hall–Kier alpha value is -3.78. The zero-order valence-corrected chi connectivity index (χ0v) is 18.9. The molecule has 1 amide bonds. The Morgan fingerprint density at radius 1 is 0.939 bits per heavy atom. The Kier molecular flexibility index (Phi) is 6.95. The Morgan fingerprint density at radius 3 is 2.52 bits per heavy atom. The summed E-state index contributed by atoms with van der Waals surface area (Å²) in [6.45, 7) is 0.349. The molecule has 0 aliphatic carbocycles. The lowest BCUT2D eigenvalue weighted by Crippen LogP contribution is -2.13. The van der Waals surface area contributed by atoms with Gasteiger partial charge < -0.3 is 10.1 Å². The second-order valence-electron chi connectivity index (χ2n) is 7.23. The Morgan fingerprint density at radius 2 is 1.70 bits per heavy atom. The Labute approximate surface area is 201 Å². The van der Waals surface area contributed by atoms with Crippen LogP contribution in [0.3, 0.4) is 0 Å². The normalized spacial score (nSPS) is 11.1. The largest absolute Gasteiger partial charge is 0.488 e. The number of hydrogen-bond donors (Lipinski definition) is 1. The van der Waals surface area contributed by atoms with Gasteiger partial charge in [0.2, 0.25) is 0 Å². The zero-order valence-electron chi connectivity index (χ0n) is 17.4. The van der Waals surface area contributed by atoms with Gasteiger partial charge in [-0.25, -0.2) is 0 Å². The maximum atomic E-state index is 12.7. The molecular weight excluding hydrogens is 455 g/mol. The van der Waals surface area contributed by atoms with E-state index in [4.69, 9.17) is 27.9 Å². The molecule has 6 heteroatoms. The summed E-state index contributed by atoms with van der Waals surface area (Å²) in [5.41, 5.74) is 1.87. The number of ether oxygens (including phenoxy) is 1. The molecule has 0 spiro atoms. The fourth-order valence-corrected chi connectivity index (χ4v) is 3.66. The SMILES string of the molecule is N#C/C(=C/c1ccccc1OCc1ccc2ccccc2c1)C(=O)Nc1cccc(Cl)c1Cl. The van der Waals surface area contributed by atoms with Crippen LogP contribution in [0.5, 0.6) is 5.75 Å². The van der Waals surface area contributed by atoms with E-state index in [1.54, 1.807) is 30.3 Å². The number of nitriles is 1. The molecule has 0 heterocycles. The number of carbonyl (C=O) groups excluding carboxylic acids is 1. The molecule has 0 aliphatic rings. The first kappa shape index (κ1) is 22.4. The third-order valence-electron chi connectivity index (χ3n) is 4.99. The number of anilines is 1. The monoisotopic (exact) mass is 472 g/mol. The van der Waals surface area contributed by atoms with E-state index in [0.717, 1.165) is 16.3 Å². The van der Waals surface area contributed by atoms with Gasteiger partial charge in [-0.3, -0.25) is 4.79 Å². The van der Waals surface area contributed by atoms with Crippen molar-refractivity contribution in [2.24, 2.45) is 0 Å². The number of carbonyl (C=O) groups is 1. The number of amides is 1. The summed E-state index contributed by atoms with van der Waals surface area (Å²) in [4.78, 5) is 12.7. The summed E-state index contributed by atoms with van der Waals surface area (Å²) < 4.78 is 6.03. The smallest absolute Gasteiger partial charge is 0.266 e. The maximum absolute atomic E-state index is 12.7. The van der Waals surface area contributed by atoms with Crippen molar-refractivity contribution in [3.05, 3.63) is 112 Å². The van der Waals surface area contributed by atoms with Crippen LogP contribution in [0.2, 0.25) is 10.0 Å². The number of nitrogens with one attached hydrogen (secondary N) is 1. The first-order valence-electron chi connectivity index (χ1n) is 10.1. The van der Waals surface area contributed by atoms with Crippen LogP contribution in [-0.2, 0) is 11.4 Å². The molecule has 0 aromatic heterocycles. The van der Waals surface area contributed by atoms with Gasteiger partial charge in [0.1, 0.15) is 24.0 Å². The van der Waals surface area contributed by atoms with Crippen molar-refractivity contribution >= 4 is 51.6 Å². The van der Waals surface area contributed by atoms with Gasteiger partial charge >= 0.3 is 0 Å². The number of benzene rings is 4. The molecule has 162 valence electrons. The zero-order chi connectivity index (χ0) is 23.2. The lowest BCUT2D eigenvalue weighted by Gasteiger charge is -2.11. The molecule has 4 aromatic rings. The quantitative estimate of drug-likeness (QED) is 0.237. The van der Waals surface area contributed by atoms with Crippen molar-refractivity contribution in [3.63, 3.8) is 0 Å². The van der Waals surface area contributed by atoms with Gasteiger partial charge in [0.15, 0.2) is 0 Å². The van der Waals surface area contributed by atoms with E-state index in [9.17, 15) is 10.1 Å². The van der Waals surface area contributed by atoms with Gasteiger partial charge in [-0.2, -0.15) is 5.26 Å². The standard InChI is InChI=1S/C27H18Cl2N2O2/c28-23-9-5-10-24(26(23)29)31-27(32)22(16-30)15-21-8-3-4-11-25(21)33-17-18-12-13-19-6-1-2-7-20(19)14-18/h1-15H,17H2,(H,31,32)/b22-15-. The molecule has 1 N–H and O–H groups in total.